The number of nitrogens with one attached hydrogen (secondary N) is 3. The first-order valence-corrected chi connectivity index (χ1v) is 7.83. The maximum Gasteiger partial charge on any atom is 0.326 e. The van der Waals surface area contributed by atoms with Crippen LogP contribution in [0.5, 0.6) is 0 Å². The van der Waals surface area contributed by atoms with Gasteiger partial charge in [0.1, 0.15) is 24.2 Å². The number of amides is 3. The van der Waals surface area contributed by atoms with Gasteiger partial charge in [0.15, 0.2) is 0 Å². The Balaban J connectivity index is 5.05. The Hall–Kier alpha value is -3.26. The normalized spacial score (nSPS) is 14.7. The molecule has 9 N–H and O–H groups in total. The third kappa shape index (κ3) is 8.91. The van der Waals surface area contributed by atoms with Crippen molar-refractivity contribution in [2.75, 3.05) is 6.61 Å². The molecule has 0 aliphatic carbocycles. The van der Waals surface area contributed by atoms with E-state index in [1.54, 1.807) is 0 Å². The minimum Gasteiger partial charge on any atom is -0.481 e. The topological polar surface area (TPSA) is 245 Å². The minimum atomic E-state index is -1.75. The van der Waals surface area contributed by atoms with Gasteiger partial charge in [0.25, 0.3) is 0 Å². The lowest BCUT2D eigenvalue weighted by Gasteiger charge is -2.22. The Morgan fingerprint density at radius 3 is 1.68 bits per heavy atom. The van der Waals surface area contributed by atoms with Crippen molar-refractivity contribution in [2.45, 2.75) is 43.9 Å². The average Bonchev–Trinajstić information content (AvgIpc) is 2.58. The van der Waals surface area contributed by atoms with E-state index in [-0.39, 0.29) is 0 Å². The Bertz CT molecular complexity index is 638. The van der Waals surface area contributed by atoms with Crippen LogP contribution in [0, 0.1) is 0 Å². The van der Waals surface area contributed by atoms with Crippen LogP contribution in [0.2, 0.25) is 0 Å². The summed E-state index contributed by atoms with van der Waals surface area (Å²) in [5, 5.41) is 41.1. The molecule has 0 saturated carbocycles. The van der Waals surface area contributed by atoms with Gasteiger partial charge in [-0.2, -0.15) is 0 Å². The van der Waals surface area contributed by atoms with E-state index in [1.807, 2.05) is 10.6 Å². The van der Waals surface area contributed by atoms with Crippen molar-refractivity contribution in [1.82, 2.24) is 16.0 Å². The lowest BCUT2D eigenvalue weighted by atomic mass is 10.1. The van der Waals surface area contributed by atoms with Crippen LogP contribution in [0.4, 0.5) is 0 Å². The number of hydrogen-bond donors (Lipinski definition) is 8. The highest BCUT2D eigenvalue weighted by molar-refractivity contribution is 5.95. The molecule has 4 atom stereocenters. The van der Waals surface area contributed by atoms with Crippen LogP contribution in [0.3, 0.4) is 0 Å². The third-order valence-corrected chi connectivity index (χ3v) is 3.29. The summed E-state index contributed by atoms with van der Waals surface area (Å²) in [4.78, 5) is 68.2. The zero-order valence-electron chi connectivity index (χ0n) is 14.7. The van der Waals surface area contributed by atoms with Crippen molar-refractivity contribution in [1.29, 1.82) is 0 Å². The highest BCUT2D eigenvalue weighted by atomic mass is 16.4. The fourth-order valence-corrected chi connectivity index (χ4v) is 1.80. The quantitative estimate of drug-likeness (QED) is 0.154. The molecule has 0 aromatic rings. The molecule has 14 heteroatoms. The number of hydrogen-bond acceptors (Lipinski definition) is 8. The van der Waals surface area contributed by atoms with E-state index < -0.39 is 79.2 Å². The van der Waals surface area contributed by atoms with Gasteiger partial charge in [-0.3, -0.25) is 24.0 Å². The summed E-state index contributed by atoms with van der Waals surface area (Å²) in [6, 6.07) is -6.17. The molecule has 0 rings (SSSR count). The van der Waals surface area contributed by atoms with E-state index in [9.17, 15) is 28.8 Å². The van der Waals surface area contributed by atoms with E-state index >= 15 is 0 Å². The van der Waals surface area contributed by atoms with Gasteiger partial charge in [0.05, 0.1) is 19.4 Å². The van der Waals surface area contributed by atoms with Gasteiger partial charge in [-0.05, 0) is 6.92 Å². The number of aliphatic carboxylic acids is 3. The number of rotatable bonds is 12. The van der Waals surface area contributed by atoms with Gasteiger partial charge < -0.3 is 42.1 Å². The van der Waals surface area contributed by atoms with Crippen LogP contribution in [0.1, 0.15) is 19.8 Å². The Kier molecular flexibility index (Phi) is 10.1. The Labute approximate surface area is 158 Å². The molecular weight excluding hydrogens is 384 g/mol. The monoisotopic (exact) mass is 406 g/mol. The number of aliphatic hydroxyl groups excluding tert-OH is 1. The zero-order valence-corrected chi connectivity index (χ0v) is 14.7. The second-order valence-electron chi connectivity index (χ2n) is 5.68. The smallest absolute Gasteiger partial charge is 0.326 e. The molecule has 4 unspecified atom stereocenters. The summed E-state index contributed by atoms with van der Waals surface area (Å²) < 4.78 is 0. The first-order chi connectivity index (χ1) is 12.9. The molecule has 14 nitrogen and oxygen atoms in total. The van der Waals surface area contributed by atoms with Crippen LogP contribution in [-0.4, -0.2) is 86.8 Å². The van der Waals surface area contributed by atoms with Crippen molar-refractivity contribution in [3.8, 4) is 0 Å². The van der Waals surface area contributed by atoms with E-state index in [1.165, 1.54) is 0 Å². The van der Waals surface area contributed by atoms with Crippen LogP contribution >= 0.6 is 0 Å². The van der Waals surface area contributed by atoms with Gasteiger partial charge in [-0.25, -0.2) is 4.79 Å². The predicted octanol–water partition coefficient (Wildman–Crippen LogP) is -4.19. The molecule has 0 aliphatic rings. The van der Waals surface area contributed by atoms with Gasteiger partial charge in [-0.1, -0.05) is 0 Å². The second kappa shape index (κ2) is 11.5. The molecular formula is C14H22N4O10. The zero-order chi connectivity index (χ0) is 22.0. The molecule has 0 saturated heterocycles. The summed E-state index contributed by atoms with van der Waals surface area (Å²) in [6.07, 6.45) is -1.76. The van der Waals surface area contributed by atoms with Gasteiger partial charge in [0.2, 0.25) is 17.7 Å². The molecule has 3 amide bonds. The maximum absolute atomic E-state index is 12.2. The number of carbonyl (C=O) groups is 6. The van der Waals surface area contributed by atoms with Gasteiger partial charge in [-0.15, -0.1) is 0 Å². The van der Waals surface area contributed by atoms with E-state index in [0.29, 0.717) is 0 Å². The van der Waals surface area contributed by atoms with Crippen molar-refractivity contribution in [3.63, 3.8) is 0 Å². The number of carboxylic acids is 3. The van der Waals surface area contributed by atoms with Crippen molar-refractivity contribution >= 4 is 35.6 Å². The van der Waals surface area contributed by atoms with E-state index in [4.69, 9.17) is 26.2 Å². The maximum atomic E-state index is 12.2. The first kappa shape index (κ1) is 24.7. The average molecular weight is 406 g/mol. The molecule has 0 aliphatic heterocycles. The Morgan fingerprint density at radius 1 is 0.786 bits per heavy atom. The summed E-state index contributed by atoms with van der Waals surface area (Å²) >= 11 is 0. The molecule has 0 fully saturated rings. The molecule has 0 aromatic carbocycles. The first-order valence-electron chi connectivity index (χ1n) is 7.83. The van der Waals surface area contributed by atoms with Crippen molar-refractivity contribution in [2.24, 2.45) is 5.73 Å². The SMILES string of the molecule is CC(NC(=O)C(CC(=O)O)NC(=O)C(N)CO)C(=O)NC(CC(=O)O)C(=O)O. The lowest BCUT2D eigenvalue weighted by molar-refractivity contribution is -0.147. The van der Waals surface area contributed by atoms with Crippen LogP contribution in [0.15, 0.2) is 0 Å². The molecule has 0 heterocycles. The summed E-state index contributed by atoms with van der Waals surface area (Å²) in [5.41, 5.74) is 5.26. The fourth-order valence-electron chi connectivity index (χ4n) is 1.80. The van der Waals surface area contributed by atoms with E-state index in [2.05, 4.69) is 5.32 Å². The summed E-state index contributed by atoms with van der Waals surface area (Å²) in [6.45, 7) is 0.373. The number of carbonyl (C=O) groups excluding carboxylic acids is 3. The Morgan fingerprint density at radius 2 is 1.25 bits per heavy atom. The predicted molar refractivity (Wildman–Crippen MR) is 88.7 cm³/mol. The highest BCUT2D eigenvalue weighted by Gasteiger charge is 2.30. The van der Waals surface area contributed by atoms with Crippen LogP contribution in [0.25, 0.3) is 0 Å². The number of aliphatic hydroxyl groups is 1. The van der Waals surface area contributed by atoms with Crippen LogP contribution < -0.4 is 21.7 Å². The lowest BCUT2D eigenvalue weighted by Crippen LogP contribution is -2.57. The van der Waals surface area contributed by atoms with Gasteiger partial charge in [0, 0.05) is 0 Å². The number of carboxylic acid groups (broad SMARTS) is 3. The highest BCUT2D eigenvalue weighted by Crippen LogP contribution is 1.98. The molecule has 0 bridgehead atoms. The second-order valence-corrected chi connectivity index (χ2v) is 5.68. The minimum absolute atomic E-state index is 0.758. The molecule has 0 radical (unpaired) electrons. The third-order valence-electron chi connectivity index (χ3n) is 3.29. The standard InChI is InChI=1S/C14H22N4O10/c1-5(11(24)18-8(14(27)28)3-10(22)23)16-13(26)7(2-9(20)21)17-12(25)6(15)4-19/h5-8,19H,2-4,15H2,1H3,(H,16,26)(H,17,25)(H,18,24)(H,20,21)(H,22,23)(H,27,28). The fraction of sp³-hybridized carbons (Fsp3) is 0.571. The summed E-state index contributed by atoms with van der Waals surface area (Å²) in [7, 11) is 0. The summed E-state index contributed by atoms with van der Waals surface area (Å²) in [5.74, 6) is -7.68. The molecule has 28 heavy (non-hydrogen) atoms. The molecule has 0 aromatic heterocycles. The largest absolute Gasteiger partial charge is 0.481 e. The van der Waals surface area contributed by atoms with Crippen molar-refractivity contribution in [3.05, 3.63) is 0 Å². The number of nitrogens with two attached hydrogens (primary N) is 1. The molecule has 0 spiro atoms. The van der Waals surface area contributed by atoms with Gasteiger partial charge >= 0.3 is 17.9 Å². The van der Waals surface area contributed by atoms with E-state index in [0.717, 1.165) is 6.92 Å². The molecule has 158 valence electrons. The van der Waals surface area contributed by atoms with Crippen LogP contribution in [-0.2, 0) is 28.8 Å². The van der Waals surface area contributed by atoms with Crippen molar-refractivity contribution < 1.29 is 49.2 Å².